The molecule has 9 heteroatoms. The van der Waals surface area contributed by atoms with Gasteiger partial charge in [0.15, 0.2) is 5.78 Å². The molecule has 2 aromatic carbocycles. The maximum absolute atomic E-state index is 10.0. The van der Waals surface area contributed by atoms with Gasteiger partial charge in [0, 0.05) is 60.7 Å². The molecule has 0 aliphatic carbocycles. The molecule has 1 N–H and O–H groups in total. The van der Waals surface area contributed by atoms with E-state index in [4.69, 9.17) is 13.9 Å². The number of benzene rings is 2. The van der Waals surface area contributed by atoms with Crippen LogP contribution in [0.1, 0.15) is 25.2 Å². The first-order valence-corrected chi connectivity index (χ1v) is 14.9. The Morgan fingerprint density at radius 3 is 1.48 bits per heavy atom. The standard InChI is InChI=1S/2C17H11N2O.C5H8O2.Ir/c2*1-11-8-9-13-12-5-4-6-14(15-7-2-3-10-18-15)16(12)20-17(13)19-11;1-4(6)3-5(2)7;/h2*2-5,7-10H,1H3;3,6H,1-2H3;/q2*-1;;/b;;4-3-;. The second-order valence-electron chi connectivity index (χ2n) is 10.8. The van der Waals surface area contributed by atoms with Crippen molar-refractivity contribution >= 4 is 49.9 Å². The van der Waals surface area contributed by atoms with Crippen LogP contribution in [0.5, 0.6) is 0 Å². The zero-order valence-corrected chi connectivity index (χ0v) is 29.0. The van der Waals surface area contributed by atoms with E-state index in [1.54, 1.807) is 12.4 Å². The minimum Gasteiger partial charge on any atom is -0.512 e. The van der Waals surface area contributed by atoms with Crippen LogP contribution in [0.25, 0.3) is 66.7 Å². The van der Waals surface area contributed by atoms with Crippen molar-refractivity contribution in [1.29, 1.82) is 0 Å². The Kier molecular flexibility index (Phi) is 10.5. The van der Waals surface area contributed by atoms with Crippen LogP contribution in [-0.4, -0.2) is 30.8 Å². The average molecular weight is 811 g/mol. The molecular weight excluding hydrogens is 781 g/mol. The summed E-state index contributed by atoms with van der Waals surface area (Å²) < 4.78 is 11.9. The molecule has 241 valence electrons. The Morgan fingerprint density at radius 2 is 1.12 bits per heavy atom. The Balaban J connectivity index is 0.000000155. The molecule has 48 heavy (non-hydrogen) atoms. The number of hydrogen-bond acceptors (Lipinski definition) is 8. The van der Waals surface area contributed by atoms with Crippen molar-refractivity contribution in [3.05, 3.63) is 133 Å². The van der Waals surface area contributed by atoms with Gasteiger partial charge in [-0.05, 0) is 75.5 Å². The normalized spacial score (nSPS) is 11.0. The summed E-state index contributed by atoms with van der Waals surface area (Å²) in [4.78, 5) is 27.7. The number of nitrogens with zero attached hydrogens (tertiary/aromatic N) is 4. The number of rotatable bonds is 3. The van der Waals surface area contributed by atoms with Crippen LogP contribution in [0.4, 0.5) is 0 Å². The number of pyridine rings is 4. The van der Waals surface area contributed by atoms with Gasteiger partial charge in [-0.1, -0.05) is 46.2 Å². The van der Waals surface area contributed by atoms with E-state index in [1.165, 1.54) is 19.9 Å². The smallest absolute Gasteiger partial charge is 0.216 e. The van der Waals surface area contributed by atoms with E-state index in [9.17, 15) is 4.79 Å². The van der Waals surface area contributed by atoms with Gasteiger partial charge in [0.2, 0.25) is 11.4 Å². The number of furan rings is 2. The first kappa shape index (κ1) is 33.9. The molecule has 0 aliphatic rings. The Hall–Kier alpha value is -5.50. The predicted molar refractivity (Wildman–Crippen MR) is 184 cm³/mol. The monoisotopic (exact) mass is 811 g/mol. The number of carbonyl (C=O) groups excluding carboxylic acids is 1. The summed E-state index contributed by atoms with van der Waals surface area (Å²) in [6, 6.07) is 34.0. The molecule has 6 aromatic heterocycles. The number of fused-ring (bicyclic) bond motifs is 6. The van der Waals surface area contributed by atoms with Crippen molar-refractivity contribution in [2.75, 3.05) is 0 Å². The van der Waals surface area contributed by atoms with Crippen molar-refractivity contribution in [1.82, 2.24) is 19.9 Å². The summed E-state index contributed by atoms with van der Waals surface area (Å²) in [5, 5.41) is 12.5. The molecule has 8 aromatic rings. The quantitative estimate of drug-likeness (QED) is 0.107. The molecule has 1 radical (unpaired) electrons. The summed E-state index contributed by atoms with van der Waals surface area (Å²) in [6.07, 6.45) is 4.71. The zero-order valence-electron chi connectivity index (χ0n) is 26.6. The van der Waals surface area contributed by atoms with Crippen LogP contribution in [0, 0.1) is 26.0 Å². The topological polar surface area (TPSA) is 115 Å². The molecule has 0 saturated heterocycles. The van der Waals surface area contributed by atoms with E-state index >= 15 is 0 Å². The van der Waals surface area contributed by atoms with Gasteiger partial charge in [0.1, 0.15) is 0 Å². The Labute approximate surface area is 290 Å². The summed E-state index contributed by atoms with van der Waals surface area (Å²) >= 11 is 0. The molecule has 0 spiro atoms. The van der Waals surface area contributed by atoms with Crippen molar-refractivity contribution in [2.45, 2.75) is 27.7 Å². The van der Waals surface area contributed by atoms with Gasteiger partial charge in [-0.2, -0.15) is 0 Å². The van der Waals surface area contributed by atoms with Gasteiger partial charge >= 0.3 is 0 Å². The molecule has 0 amide bonds. The van der Waals surface area contributed by atoms with Gasteiger partial charge in [-0.15, -0.1) is 36.4 Å². The molecule has 0 atom stereocenters. The van der Waals surface area contributed by atoms with E-state index in [0.29, 0.717) is 11.4 Å². The number of aliphatic hydroxyl groups excluding tert-OH is 1. The Morgan fingerprint density at radius 1 is 0.667 bits per heavy atom. The first-order valence-electron chi connectivity index (χ1n) is 14.9. The predicted octanol–water partition coefficient (Wildman–Crippen LogP) is 9.34. The van der Waals surface area contributed by atoms with Crippen molar-refractivity contribution < 1.29 is 38.8 Å². The van der Waals surface area contributed by atoms with Gasteiger partial charge in [0.05, 0.1) is 16.9 Å². The second-order valence-corrected chi connectivity index (χ2v) is 10.8. The van der Waals surface area contributed by atoms with Crippen molar-refractivity contribution in [3.63, 3.8) is 0 Å². The number of carbonyl (C=O) groups is 1. The molecule has 0 bridgehead atoms. The number of allylic oxidation sites excluding steroid dienone is 2. The fraction of sp³-hybridized carbons (Fsp3) is 0.103. The largest absolute Gasteiger partial charge is 0.512 e. The summed E-state index contributed by atoms with van der Waals surface area (Å²) in [6.45, 7) is 6.76. The number of hydrogen-bond donors (Lipinski definition) is 1. The number of aromatic nitrogens is 4. The van der Waals surface area contributed by atoms with Gasteiger partial charge in [-0.3, -0.25) is 4.79 Å². The minimum atomic E-state index is -0.125. The minimum absolute atomic E-state index is 0. The van der Waals surface area contributed by atoms with E-state index < -0.39 is 0 Å². The van der Waals surface area contributed by atoms with E-state index in [0.717, 1.165) is 66.6 Å². The molecule has 0 unspecified atom stereocenters. The second kappa shape index (κ2) is 14.9. The van der Waals surface area contributed by atoms with Crippen molar-refractivity contribution in [2.24, 2.45) is 0 Å². The van der Waals surface area contributed by atoms with E-state index in [2.05, 4.69) is 32.1 Å². The first-order chi connectivity index (χ1) is 22.8. The fourth-order valence-electron chi connectivity index (χ4n) is 5.13. The SMILES string of the molecule is CC(=O)/C=C(/C)O.Cc1ccc2c(n1)oc1c(-c3ccccn3)[c-]ccc12.Cc1ccc2c(n1)oc1c(-c3ccccn3)[c-]ccc12.[Ir]. The number of ketones is 1. The van der Waals surface area contributed by atoms with Crippen LogP contribution < -0.4 is 0 Å². The summed E-state index contributed by atoms with van der Waals surface area (Å²) in [5.41, 5.74) is 8.26. The fourth-order valence-corrected chi connectivity index (χ4v) is 5.13. The molecule has 8 nitrogen and oxygen atoms in total. The van der Waals surface area contributed by atoms with Gasteiger partial charge in [0.25, 0.3) is 0 Å². The Bertz CT molecular complexity index is 2220. The van der Waals surface area contributed by atoms with E-state index in [1.807, 2.05) is 98.8 Å². The van der Waals surface area contributed by atoms with Crippen LogP contribution in [0.2, 0.25) is 0 Å². The van der Waals surface area contributed by atoms with Crippen LogP contribution in [0.3, 0.4) is 0 Å². The van der Waals surface area contributed by atoms with Crippen LogP contribution in [-0.2, 0) is 24.9 Å². The van der Waals surface area contributed by atoms with E-state index in [-0.39, 0.29) is 31.6 Å². The van der Waals surface area contributed by atoms with Crippen LogP contribution >= 0.6 is 0 Å². The molecule has 6 heterocycles. The summed E-state index contributed by atoms with van der Waals surface area (Å²) in [5.74, 6) is -0.0625. The third-order valence-corrected chi connectivity index (χ3v) is 7.13. The molecular formula is C39H30IrN4O4-2. The number of aryl methyl sites for hydroxylation is 2. The average Bonchev–Trinajstić information content (AvgIpc) is 3.62. The van der Waals surface area contributed by atoms with Gasteiger partial charge < -0.3 is 23.9 Å². The third kappa shape index (κ3) is 7.39. The van der Waals surface area contributed by atoms with Crippen molar-refractivity contribution in [3.8, 4) is 22.5 Å². The summed E-state index contributed by atoms with van der Waals surface area (Å²) in [7, 11) is 0. The van der Waals surface area contributed by atoms with Gasteiger partial charge in [-0.25, -0.2) is 9.97 Å². The zero-order chi connectivity index (χ0) is 32.9. The maximum Gasteiger partial charge on any atom is 0.216 e. The third-order valence-electron chi connectivity index (χ3n) is 7.13. The molecule has 0 saturated carbocycles. The molecule has 0 fully saturated rings. The number of aliphatic hydroxyl groups is 1. The molecule has 8 rings (SSSR count). The van der Waals surface area contributed by atoms with Crippen LogP contribution in [0.15, 0.2) is 118 Å². The molecule has 0 aliphatic heterocycles. The maximum atomic E-state index is 10.0.